The minimum atomic E-state index is -2.65. The highest BCUT2D eigenvalue weighted by molar-refractivity contribution is 6.73. The van der Waals surface area contributed by atoms with Crippen LogP contribution < -0.4 is 0 Å². The zero-order valence-corrected chi connectivity index (χ0v) is 24.1. The zero-order valence-electron chi connectivity index (χ0n) is 23.1. The van der Waals surface area contributed by atoms with Crippen molar-refractivity contribution in [2.24, 2.45) is 17.8 Å². The van der Waals surface area contributed by atoms with Crippen LogP contribution in [0.2, 0.25) is 10.1 Å². The van der Waals surface area contributed by atoms with Crippen molar-refractivity contribution in [3.63, 3.8) is 0 Å². The van der Waals surface area contributed by atoms with E-state index in [1.54, 1.807) is 0 Å². The number of fused-ring (bicyclic) bond motifs is 1. The Morgan fingerprint density at radius 1 is 0.889 bits per heavy atom. The molecule has 1 aromatic carbocycles. The molecule has 6 heteroatoms. The fraction of sp³-hybridized carbons (Fsp3) is 0.800. The van der Waals surface area contributed by atoms with Crippen LogP contribution in [0.3, 0.4) is 0 Å². The molecular formula is C30H46O5Si. The van der Waals surface area contributed by atoms with Gasteiger partial charge in [-0.15, -0.1) is 0 Å². The Kier molecular flexibility index (Phi) is 6.30. The molecule has 4 bridgehead atoms. The summed E-state index contributed by atoms with van der Waals surface area (Å²) in [4.78, 5) is 0. The zero-order chi connectivity index (χ0) is 25.3. The SMILES string of the molecule is CC(C)(C)[Si]1(C(C)(C)C)OC[C@H]2O[C@@H](OC34CC5CC(CC(C5)C3)C4)[C@@H](OCc3ccccc3)[C@@H]2O1. The molecule has 2 saturated heterocycles. The smallest absolute Gasteiger partial charge is 0.349 e. The predicted molar refractivity (Wildman–Crippen MR) is 142 cm³/mol. The van der Waals surface area contributed by atoms with E-state index in [2.05, 4.69) is 65.8 Å². The molecule has 0 aromatic heterocycles. The molecule has 0 N–H and O–H groups in total. The summed E-state index contributed by atoms with van der Waals surface area (Å²) in [6.45, 7) is 14.7. The van der Waals surface area contributed by atoms with Gasteiger partial charge in [0.25, 0.3) is 0 Å². The molecule has 1 aromatic rings. The van der Waals surface area contributed by atoms with Gasteiger partial charge in [0.1, 0.15) is 18.3 Å². The lowest BCUT2D eigenvalue weighted by atomic mass is 9.54. The largest absolute Gasteiger partial charge is 0.391 e. The maximum absolute atomic E-state index is 7.17. The number of hydrogen-bond acceptors (Lipinski definition) is 5. The Morgan fingerprint density at radius 3 is 2.03 bits per heavy atom. The minimum Gasteiger partial charge on any atom is -0.391 e. The average molecular weight is 515 g/mol. The van der Waals surface area contributed by atoms with E-state index in [0.717, 1.165) is 23.3 Å². The molecule has 36 heavy (non-hydrogen) atoms. The fourth-order valence-corrected chi connectivity index (χ4v) is 13.7. The molecule has 0 radical (unpaired) electrons. The van der Waals surface area contributed by atoms with Gasteiger partial charge in [0, 0.05) is 10.1 Å². The molecule has 4 atom stereocenters. The van der Waals surface area contributed by atoms with Crippen molar-refractivity contribution in [1.82, 2.24) is 0 Å². The van der Waals surface area contributed by atoms with Crippen molar-refractivity contribution in [3.05, 3.63) is 35.9 Å². The molecule has 0 amide bonds. The van der Waals surface area contributed by atoms with Crippen molar-refractivity contribution in [2.45, 2.75) is 127 Å². The van der Waals surface area contributed by atoms with Gasteiger partial charge in [0.05, 0.1) is 18.8 Å². The molecule has 0 spiro atoms. The van der Waals surface area contributed by atoms with Crippen LogP contribution in [0, 0.1) is 17.8 Å². The van der Waals surface area contributed by atoms with Crippen LogP contribution in [-0.4, -0.2) is 45.4 Å². The predicted octanol–water partition coefficient (Wildman–Crippen LogP) is 6.74. The van der Waals surface area contributed by atoms with Crippen molar-refractivity contribution >= 4 is 8.56 Å². The van der Waals surface area contributed by atoms with Gasteiger partial charge >= 0.3 is 8.56 Å². The first kappa shape index (κ1) is 25.5. The first-order valence-electron chi connectivity index (χ1n) is 14.3. The molecule has 5 nitrogen and oxygen atoms in total. The Labute approximate surface area is 218 Å². The summed E-state index contributed by atoms with van der Waals surface area (Å²) in [5, 5.41) is -0.169. The molecular weight excluding hydrogens is 468 g/mol. The van der Waals surface area contributed by atoms with Gasteiger partial charge in [0.2, 0.25) is 0 Å². The van der Waals surface area contributed by atoms with Gasteiger partial charge in [-0.1, -0.05) is 71.9 Å². The van der Waals surface area contributed by atoms with Gasteiger partial charge in [-0.05, 0) is 61.8 Å². The Morgan fingerprint density at radius 2 is 1.47 bits per heavy atom. The van der Waals surface area contributed by atoms with E-state index in [4.69, 9.17) is 23.1 Å². The normalized spacial score (nSPS) is 41.4. The molecule has 7 rings (SSSR count). The lowest BCUT2D eigenvalue weighted by Crippen LogP contribution is -2.65. The van der Waals surface area contributed by atoms with Crippen LogP contribution in [0.4, 0.5) is 0 Å². The summed E-state index contributed by atoms with van der Waals surface area (Å²) >= 11 is 0. The van der Waals surface area contributed by atoms with Gasteiger partial charge in [-0.2, -0.15) is 0 Å². The number of rotatable bonds is 5. The van der Waals surface area contributed by atoms with Crippen LogP contribution >= 0.6 is 0 Å². The molecule has 0 unspecified atom stereocenters. The molecule has 6 fully saturated rings. The second-order valence-corrected chi connectivity index (χ2v) is 19.3. The monoisotopic (exact) mass is 514 g/mol. The standard InChI is InChI=1S/C30H46O5Si/c1-28(2,3)36(29(4,5)6)32-19-24-25(35-36)26(31-18-20-10-8-7-9-11-20)27(33-24)34-30-15-21-12-22(16-30)14-23(13-21)17-30/h7-11,21-27H,12-19H2,1-6H3/t21?,22?,23?,24-,25-,26+,27+,30?/m1/s1. The third-order valence-electron chi connectivity index (χ3n) is 9.63. The molecule has 4 saturated carbocycles. The van der Waals surface area contributed by atoms with Crippen LogP contribution in [0.1, 0.15) is 85.6 Å². The second-order valence-electron chi connectivity index (χ2n) is 14.5. The summed E-state index contributed by atoms with van der Waals surface area (Å²) < 4.78 is 34.3. The summed E-state index contributed by atoms with van der Waals surface area (Å²) in [5.74, 6) is 2.47. The minimum absolute atomic E-state index is 0.0509. The Bertz CT molecular complexity index is 886. The fourth-order valence-electron chi connectivity index (χ4n) is 8.76. The van der Waals surface area contributed by atoms with E-state index < -0.39 is 14.9 Å². The number of benzene rings is 1. The van der Waals surface area contributed by atoms with Gasteiger partial charge < -0.3 is 23.1 Å². The second kappa shape index (κ2) is 8.89. The third kappa shape index (κ3) is 4.34. The van der Waals surface area contributed by atoms with Gasteiger partial charge in [-0.25, -0.2) is 0 Å². The number of hydrogen-bond donors (Lipinski definition) is 0. The topological polar surface area (TPSA) is 46.2 Å². The van der Waals surface area contributed by atoms with Crippen LogP contribution in [0.5, 0.6) is 0 Å². The van der Waals surface area contributed by atoms with Crippen molar-refractivity contribution < 1.29 is 23.1 Å². The maximum atomic E-state index is 7.17. The van der Waals surface area contributed by atoms with E-state index >= 15 is 0 Å². The van der Waals surface area contributed by atoms with E-state index in [9.17, 15) is 0 Å². The van der Waals surface area contributed by atoms with Crippen molar-refractivity contribution in [1.29, 1.82) is 0 Å². The molecule has 2 heterocycles. The lowest BCUT2D eigenvalue weighted by Gasteiger charge is -2.57. The number of ether oxygens (including phenoxy) is 3. The summed E-state index contributed by atoms with van der Waals surface area (Å²) in [7, 11) is -2.65. The highest BCUT2D eigenvalue weighted by Crippen LogP contribution is 2.59. The van der Waals surface area contributed by atoms with Gasteiger partial charge in [0.15, 0.2) is 6.29 Å². The lowest BCUT2D eigenvalue weighted by molar-refractivity contribution is -0.272. The summed E-state index contributed by atoms with van der Waals surface area (Å²) in [6.07, 6.45) is 6.73. The molecule has 2 aliphatic heterocycles. The van der Waals surface area contributed by atoms with Crippen molar-refractivity contribution in [3.8, 4) is 0 Å². The Balaban J connectivity index is 1.28. The highest BCUT2D eigenvalue weighted by Gasteiger charge is 2.66. The quantitative estimate of drug-likeness (QED) is 0.407. The van der Waals surface area contributed by atoms with E-state index in [1.807, 2.05) is 6.07 Å². The third-order valence-corrected chi connectivity index (χ3v) is 14.8. The summed E-state index contributed by atoms with van der Waals surface area (Å²) in [5.41, 5.74) is 1.11. The van der Waals surface area contributed by atoms with Crippen LogP contribution in [0.25, 0.3) is 0 Å². The molecule has 200 valence electrons. The summed E-state index contributed by atoms with van der Waals surface area (Å²) in [6, 6.07) is 10.4. The van der Waals surface area contributed by atoms with E-state index in [1.165, 1.54) is 38.5 Å². The Hall–Kier alpha value is -0.763. The van der Waals surface area contributed by atoms with Crippen LogP contribution in [0.15, 0.2) is 30.3 Å². The molecule has 4 aliphatic carbocycles. The van der Waals surface area contributed by atoms with Crippen molar-refractivity contribution in [2.75, 3.05) is 6.61 Å². The molecule has 6 aliphatic rings. The van der Waals surface area contributed by atoms with Crippen LogP contribution in [-0.2, 0) is 29.7 Å². The van der Waals surface area contributed by atoms with Gasteiger partial charge in [-0.3, -0.25) is 0 Å². The maximum Gasteiger partial charge on any atom is 0.349 e. The first-order chi connectivity index (χ1) is 17.0. The first-order valence-corrected chi connectivity index (χ1v) is 16.1. The van der Waals surface area contributed by atoms with E-state index in [-0.39, 0.29) is 34.0 Å². The average Bonchev–Trinajstić information content (AvgIpc) is 3.11. The van der Waals surface area contributed by atoms with E-state index in [0.29, 0.717) is 13.2 Å². The highest BCUT2D eigenvalue weighted by atomic mass is 28.4.